The van der Waals surface area contributed by atoms with E-state index in [9.17, 15) is 18.3 Å². The number of halogens is 3. The van der Waals surface area contributed by atoms with Crippen LogP contribution in [0.2, 0.25) is 0 Å². The molecule has 0 fully saturated rings. The van der Waals surface area contributed by atoms with Crippen LogP contribution in [0.15, 0.2) is 42.5 Å². The fourth-order valence-corrected chi connectivity index (χ4v) is 2.47. The first-order valence-electron chi connectivity index (χ1n) is 8.05. The molecule has 3 nitrogen and oxygen atoms in total. The molecule has 0 saturated heterocycles. The van der Waals surface area contributed by atoms with E-state index in [1.54, 1.807) is 12.1 Å². The normalized spacial score (nSPS) is 12.8. The van der Waals surface area contributed by atoms with Crippen molar-refractivity contribution in [2.24, 2.45) is 0 Å². The van der Waals surface area contributed by atoms with Crippen LogP contribution in [0.25, 0.3) is 0 Å². The number of phenols is 1. The lowest BCUT2D eigenvalue weighted by Crippen LogP contribution is -2.26. The summed E-state index contributed by atoms with van der Waals surface area (Å²) in [4.78, 5) is 0. The maximum absolute atomic E-state index is 12.5. The number of methoxy groups -OCH3 is 1. The molecule has 0 heterocycles. The van der Waals surface area contributed by atoms with Gasteiger partial charge in [0.05, 0.1) is 12.7 Å². The third-order valence-corrected chi connectivity index (χ3v) is 4.05. The van der Waals surface area contributed by atoms with Crippen LogP contribution in [0.1, 0.15) is 30.0 Å². The fourth-order valence-electron chi connectivity index (χ4n) is 2.47. The van der Waals surface area contributed by atoms with E-state index in [1.807, 2.05) is 13.0 Å². The van der Waals surface area contributed by atoms with E-state index in [1.165, 1.54) is 19.2 Å². The van der Waals surface area contributed by atoms with E-state index in [2.05, 4.69) is 5.32 Å². The molecule has 2 N–H and O–H groups in total. The van der Waals surface area contributed by atoms with Gasteiger partial charge in [0.1, 0.15) is 0 Å². The van der Waals surface area contributed by atoms with Gasteiger partial charge in [-0.3, -0.25) is 0 Å². The van der Waals surface area contributed by atoms with E-state index in [0.717, 1.165) is 36.1 Å². The number of ether oxygens (including phenoxy) is 1. The molecule has 0 bridgehead atoms. The minimum atomic E-state index is -4.30. The molecule has 0 amide bonds. The van der Waals surface area contributed by atoms with Gasteiger partial charge in [-0.2, -0.15) is 13.2 Å². The van der Waals surface area contributed by atoms with Gasteiger partial charge in [0.2, 0.25) is 0 Å². The SMILES string of the molecule is COc1cc(CC[C@@H](C)NCc2ccc(C(F)(F)F)cc2)ccc1O. The molecule has 0 spiro atoms. The molecule has 136 valence electrons. The van der Waals surface area contributed by atoms with Gasteiger partial charge < -0.3 is 15.2 Å². The summed E-state index contributed by atoms with van der Waals surface area (Å²) >= 11 is 0. The Morgan fingerprint density at radius 1 is 1.08 bits per heavy atom. The summed E-state index contributed by atoms with van der Waals surface area (Å²) < 4.78 is 42.7. The van der Waals surface area contributed by atoms with E-state index >= 15 is 0 Å². The second kappa shape index (κ2) is 8.25. The molecule has 0 aromatic heterocycles. The van der Waals surface area contributed by atoms with Gasteiger partial charge in [0.15, 0.2) is 11.5 Å². The summed E-state index contributed by atoms with van der Waals surface area (Å²) in [7, 11) is 1.51. The average molecular weight is 353 g/mol. The minimum absolute atomic E-state index is 0.111. The van der Waals surface area contributed by atoms with Crippen LogP contribution in [0.4, 0.5) is 13.2 Å². The Morgan fingerprint density at radius 2 is 1.72 bits per heavy atom. The minimum Gasteiger partial charge on any atom is -0.504 e. The summed E-state index contributed by atoms with van der Waals surface area (Å²) in [6, 6.07) is 10.6. The lowest BCUT2D eigenvalue weighted by molar-refractivity contribution is -0.137. The predicted molar refractivity (Wildman–Crippen MR) is 90.7 cm³/mol. The molecule has 0 unspecified atom stereocenters. The van der Waals surface area contributed by atoms with E-state index < -0.39 is 11.7 Å². The van der Waals surface area contributed by atoms with Crippen molar-refractivity contribution in [1.29, 1.82) is 0 Å². The highest BCUT2D eigenvalue weighted by Gasteiger charge is 2.29. The second-order valence-corrected chi connectivity index (χ2v) is 6.02. The van der Waals surface area contributed by atoms with Crippen molar-refractivity contribution in [2.75, 3.05) is 7.11 Å². The van der Waals surface area contributed by atoms with Crippen molar-refractivity contribution in [2.45, 2.75) is 38.5 Å². The molecule has 2 aromatic rings. The quantitative estimate of drug-likeness (QED) is 0.768. The molecular weight excluding hydrogens is 331 g/mol. The molecule has 2 rings (SSSR count). The maximum atomic E-state index is 12.5. The molecule has 0 aliphatic heterocycles. The average Bonchev–Trinajstić information content (AvgIpc) is 2.58. The highest BCUT2D eigenvalue weighted by Crippen LogP contribution is 2.29. The van der Waals surface area contributed by atoms with Crippen molar-refractivity contribution in [1.82, 2.24) is 5.32 Å². The van der Waals surface area contributed by atoms with E-state index in [4.69, 9.17) is 4.74 Å². The summed E-state index contributed by atoms with van der Waals surface area (Å²) in [5.41, 5.74) is 1.23. The van der Waals surface area contributed by atoms with Crippen LogP contribution >= 0.6 is 0 Å². The number of alkyl halides is 3. The molecule has 6 heteroatoms. The molecule has 25 heavy (non-hydrogen) atoms. The third kappa shape index (κ3) is 5.67. The summed E-state index contributed by atoms with van der Waals surface area (Å²) in [5, 5.41) is 12.9. The summed E-state index contributed by atoms with van der Waals surface area (Å²) in [6.45, 7) is 2.54. The van der Waals surface area contributed by atoms with Gasteiger partial charge in [-0.05, 0) is 55.2 Å². The second-order valence-electron chi connectivity index (χ2n) is 6.02. The summed E-state index contributed by atoms with van der Waals surface area (Å²) in [6.07, 6.45) is -2.64. The number of phenolic OH excluding ortho intramolecular Hbond substituents is 1. The largest absolute Gasteiger partial charge is 0.504 e. The number of aryl methyl sites for hydroxylation is 1. The Bertz CT molecular complexity index is 684. The molecule has 2 aromatic carbocycles. The maximum Gasteiger partial charge on any atom is 0.416 e. The van der Waals surface area contributed by atoms with Crippen molar-refractivity contribution < 1.29 is 23.0 Å². The Balaban J connectivity index is 1.81. The molecule has 0 radical (unpaired) electrons. The van der Waals surface area contributed by atoms with Crippen LogP contribution in [-0.2, 0) is 19.1 Å². The lowest BCUT2D eigenvalue weighted by atomic mass is 10.0. The number of hydrogen-bond donors (Lipinski definition) is 2. The first-order chi connectivity index (χ1) is 11.8. The number of rotatable bonds is 7. The number of hydrogen-bond acceptors (Lipinski definition) is 3. The number of benzene rings is 2. The lowest BCUT2D eigenvalue weighted by Gasteiger charge is -2.15. The van der Waals surface area contributed by atoms with Crippen molar-refractivity contribution in [3.8, 4) is 11.5 Å². The van der Waals surface area contributed by atoms with Crippen LogP contribution < -0.4 is 10.1 Å². The van der Waals surface area contributed by atoms with Gasteiger partial charge in [-0.25, -0.2) is 0 Å². The third-order valence-electron chi connectivity index (χ3n) is 4.05. The standard InChI is InChI=1S/C19H22F3NO2/c1-13(3-4-14-7-10-17(24)18(11-14)25-2)23-12-15-5-8-16(9-6-15)19(20,21)22/h5-11,13,23-24H,3-4,12H2,1-2H3/t13-/m1/s1. The van der Waals surface area contributed by atoms with Crippen LogP contribution in [0.5, 0.6) is 11.5 Å². The Labute approximate surface area is 145 Å². The van der Waals surface area contributed by atoms with Crippen LogP contribution in [0, 0.1) is 0 Å². The number of aromatic hydroxyl groups is 1. The first-order valence-corrected chi connectivity index (χ1v) is 8.05. The molecular formula is C19H22F3NO2. The molecule has 0 aliphatic rings. The fraction of sp³-hybridized carbons (Fsp3) is 0.368. The Hall–Kier alpha value is -2.21. The van der Waals surface area contributed by atoms with Crippen molar-refractivity contribution in [3.05, 3.63) is 59.2 Å². The van der Waals surface area contributed by atoms with Crippen molar-refractivity contribution >= 4 is 0 Å². The van der Waals surface area contributed by atoms with Crippen LogP contribution in [0.3, 0.4) is 0 Å². The van der Waals surface area contributed by atoms with Gasteiger partial charge in [0.25, 0.3) is 0 Å². The zero-order valence-electron chi connectivity index (χ0n) is 14.2. The van der Waals surface area contributed by atoms with Crippen molar-refractivity contribution in [3.63, 3.8) is 0 Å². The topological polar surface area (TPSA) is 41.5 Å². The smallest absolute Gasteiger partial charge is 0.416 e. The zero-order valence-corrected chi connectivity index (χ0v) is 14.2. The van der Waals surface area contributed by atoms with Gasteiger partial charge in [0, 0.05) is 12.6 Å². The predicted octanol–water partition coefficient (Wildman–Crippen LogP) is 4.53. The van der Waals surface area contributed by atoms with E-state index in [0.29, 0.717) is 12.3 Å². The Kier molecular flexibility index (Phi) is 6.31. The molecule has 0 aliphatic carbocycles. The van der Waals surface area contributed by atoms with Gasteiger partial charge in [-0.1, -0.05) is 18.2 Å². The van der Waals surface area contributed by atoms with Gasteiger partial charge >= 0.3 is 6.18 Å². The zero-order chi connectivity index (χ0) is 18.4. The number of nitrogens with one attached hydrogen (secondary N) is 1. The highest BCUT2D eigenvalue weighted by molar-refractivity contribution is 5.41. The van der Waals surface area contributed by atoms with E-state index in [-0.39, 0.29) is 11.8 Å². The molecule has 0 saturated carbocycles. The highest BCUT2D eigenvalue weighted by atomic mass is 19.4. The van der Waals surface area contributed by atoms with Crippen LogP contribution in [-0.4, -0.2) is 18.3 Å². The summed E-state index contributed by atoms with van der Waals surface area (Å²) in [5.74, 6) is 0.558. The Morgan fingerprint density at radius 3 is 2.32 bits per heavy atom. The first kappa shape index (κ1) is 19.1. The molecule has 1 atom stereocenters. The van der Waals surface area contributed by atoms with Gasteiger partial charge in [-0.15, -0.1) is 0 Å². The monoisotopic (exact) mass is 353 g/mol.